The van der Waals surface area contributed by atoms with E-state index in [-0.39, 0.29) is 6.04 Å². The van der Waals surface area contributed by atoms with Crippen molar-refractivity contribution in [3.05, 3.63) is 89.5 Å². The Morgan fingerprint density at radius 3 is 2.57 bits per heavy atom. The van der Waals surface area contributed by atoms with Crippen LogP contribution < -0.4 is 10.1 Å². The van der Waals surface area contributed by atoms with E-state index in [4.69, 9.17) is 4.74 Å². The summed E-state index contributed by atoms with van der Waals surface area (Å²) in [5, 5.41) is 12.7. The Morgan fingerprint density at radius 2 is 1.87 bits per heavy atom. The summed E-state index contributed by atoms with van der Waals surface area (Å²) in [6, 6.07) is 16.5. The molecular weight excluding hydrogens is 374 g/mol. The van der Waals surface area contributed by atoms with Crippen molar-refractivity contribution in [1.82, 2.24) is 24.9 Å². The molecule has 0 saturated carbocycles. The molecule has 4 rings (SSSR count). The van der Waals surface area contributed by atoms with Gasteiger partial charge in [-0.3, -0.25) is 0 Å². The second-order valence-corrected chi connectivity index (χ2v) is 7.48. The van der Waals surface area contributed by atoms with Crippen molar-refractivity contribution in [2.45, 2.75) is 33.4 Å². The minimum absolute atomic E-state index is 0.156. The standard InChI is InChI=1S/C24H27N5O/c1-17-6-11-24(28-13-5-12-26-28)20(14-17)15-25-18(2)23-16-27-29(19(23)3)21-7-9-22(30-4)10-8-21/h5-14,16,18,25H,15H2,1-4H3/t18-/m1/s1. The number of benzene rings is 2. The molecule has 30 heavy (non-hydrogen) atoms. The van der Waals surface area contributed by atoms with Gasteiger partial charge in [0.25, 0.3) is 0 Å². The zero-order valence-electron chi connectivity index (χ0n) is 17.8. The molecule has 0 radical (unpaired) electrons. The van der Waals surface area contributed by atoms with E-state index in [9.17, 15) is 0 Å². The highest BCUT2D eigenvalue weighted by Crippen LogP contribution is 2.23. The molecule has 4 aromatic rings. The third-order valence-electron chi connectivity index (χ3n) is 5.42. The number of ether oxygens (including phenoxy) is 1. The van der Waals surface area contributed by atoms with E-state index in [1.807, 2.05) is 52.1 Å². The summed E-state index contributed by atoms with van der Waals surface area (Å²) in [6.45, 7) is 7.13. The Labute approximate surface area is 177 Å². The number of hydrogen-bond acceptors (Lipinski definition) is 4. The van der Waals surface area contributed by atoms with Gasteiger partial charge in [0.2, 0.25) is 0 Å². The molecule has 0 saturated heterocycles. The van der Waals surface area contributed by atoms with Gasteiger partial charge in [-0.2, -0.15) is 10.2 Å². The van der Waals surface area contributed by atoms with Crippen molar-refractivity contribution < 1.29 is 4.74 Å². The molecule has 2 aromatic carbocycles. The molecule has 2 aromatic heterocycles. The van der Waals surface area contributed by atoms with Crippen molar-refractivity contribution in [2.75, 3.05) is 7.11 Å². The van der Waals surface area contributed by atoms with Crippen LogP contribution in [-0.4, -0.2) is 26.7 Å². The molecule has 154 valence electrons. The second kappa shape index (κ2) is 8.55. The quantitative estimate of drug-likeness (QED) is 0.494. The normalized spacial score (nSPS) is 12.1. The van der Waals surface area contributed by atoms with Gasteiger partial charge in [-0.25, -0.2) is 9.36 Å². The summed E-state index contributed by atoms with van der Waals surface area (Å²) in [6.07, 6.45) is 5.72. The van der Waals surface area contributed by atoms with Crippen LogP contribution in [0.1, 0.15) is 35.3 Å². The minimum atomic E-state index is 0.156. The van der Waals surface area contributed by atoms with Crippen LogP contribution in [0.5, 0.6) is 5.75 Å². The van der Waals surface area contributed by atoms with Crippen molar-refractivity contribution in [3.8, 4) is 17.1 Å². The van der Waals surface area contributed by atoms with Crippen LogP contribution in [-0.2, 0) is 6.54 Å². The lowest BCUT2D eigenvalue weighted by atomic mass is 10.1. The van der Waals surface area contributed by atoms with Gasteiger partial charge in [0.1, 0.15) is 5.75 Å². The summed E-state index contributed by atoms with van der Waals surface area (Å²) in [5.41, 5.74) is 6.86. The Kier molecular flexibility index (Phi) is 5.68. The summed E-state index contributed by atoms with van der Waals surface area (Å²) in [7, 11) is 1.67. The Hall–Kier alpha value is -3.38. The number of aryl methyl sites for hydroxylation is 1. The first-order valence-electron chi connectivity index (χ1n) is 10.1. The van der Waals surface area contributed by atoms with Gasteiger partial charge in [0.05, 0.1) is 24.7 Å². The third kappa shape index (κ3) is 4.00. The smallest absolute Gasteiger partial charge is 0.119 e. The fourth-order valence-electron chi connectivity index (χ4n) is 3.69. The molecule has 0 unspecified atom stereocenters. The number of aromatic nitrogens is 4. The van der Waals surface area contributed by atoms with E-state index in [2.05, 4.69) is 54.5 Å². The summed E-state index contributed by atoms with van der Waals surface area (Å²) >= 11 is 0. The van der Waals surface area contributed by atoms with E-state index >= 15 is 0 Å². The number of hydrogen-bond donors (Lipinski definition) is 1. The van der Waals surface area contributed by atoms with E-state index in [0.29, 0.717) is 0 Å². The van der Waals surface area contributed by atoms with Gasteiger partial charge >= 0.3 is 0 Å². The highest BCUT2D eigenvalue weighted by molar-refractivity contribution is 5.43. The van der Waals surface area contributed by atoms with Gasteiger partial charge < -0.3 is 10.1 Å². The van der Waals surface area contributed by atoms with Crippen molar-refractivity contribution in [1.29, 1.82) is 0 Å². The number of rotatable bonds is 7. The van der Waals surface area contributed by atoms with Crippen molar-refractivity contribution in [2.24, 2.45) is 0 Å². The average Bonchev–Trinajstić information content (AvgIpc) is 3.42. The maximum Gasteiger partial charge on any atom is 0.119 e. The largest absolute Gasteiger partial charge is 0.497 e. The van der Waals surface area contributed by atoms with Gasteiger partial charge in [-0.15, -0.1) is 0 Å². The SMILES string of the molecule is COc1ccc(-n2ncc([C@@H](C)NCc3cc(C)ccc3-n3cccn3)c2C)cc1. The van der Waals surface area contributed by atoms with Crippen LogP contribution in [0.15, 0.2) is 67.1 Å². The fourth-order valence-corrected chi connectivity index (χ4v) is 3.69. The fraction of sp³-hybridized carbons (Fsp3) is 0.250. The predicted octanol–water partition coefficient (Wildman–Crippen LogP) is 4.53. The van der Waals surface area contributed by atoms with Crippen LogP contribution in [0.25, 0.3) is 11.4 Å². The predicted molar refractivity (Wildman–Crippen MR) is 118 cm³/mol. The van der Waals surface area contributed by atoms with Crippen LogP contribution in [0.2, 0.25) is 0 Å². The lowest BCUT2D eigenvalue weighted by Crippen LogP contribution is -2.20. The molecule has 0 bridgehead atoms. The Balaban J connectivity index is 1.52. The van der Waals surface area contributed by atoms with Gasteiger partial charge in [-0.1, -0.05) is 17.7 Å². The van der Waals surface area contributed by atoms with Crippen molar-refractivity contribution in [3.63, 3.8) is 0 Å². The first-order valence-corrected chi connectivity index (χ1v) is 10.1. The number of nitrogens with one attached hydrogen (secondary N) is 1. The highest BCUT2D eigenvalue weighted by atomic mass is 16.5. The zero-order chi connectivity index (χ0) is 21.1. The van der Waals surface area contributed by atoms with E-state index < -0.39 is 0 Å². The molecular formula is C24H27N5O. The molecule has 2 heterocycles. The lowest BCUT2D eigenvalue weighted by molar-refractivity contribution is 0.414. The Morgan fingerprint density at radius 1 is 1.07 bits per heavy atom. The molecule has 0 spiro atoms. The highest BCUT2D eigenvalue weighted by Gasteiger charge is 2.15. The molecule has 0 aliphatic carbocycles. The van der Waals surface area contributed by atoms with E-state index in [1.54, 1.807) is 13.3 Å². The molecule has 1 N–H and O–H groups in total. The molecule has 6 heteroatoms. The van der Waals surface area contributed by atoms with E-state index in [1.165, 1.54) is 16.7 Å². The average molecular weight is 402 g/mol. The first kappa shape index (κ1) is 19.9. The van der Waals surface area contributed by atoms with Crippen LogP contribution >= 0.6 is 0 Å². The van der Waals surface area contributed by atoms with Crippen molar-refractivity contribution >= 4 is 0 Å². The van der Waals surface area contributed by atoms with Crippen LogP contribution in [0, 0.1) is 13.8 Å². The van der Waals surface area contributed by atoms with E-state index in [0.717, 1.165) is 29.4 Å². The van der Waals surface area contributed by atoms with Crippen LogP contribution in [0.3, 0.4) is 0 Å². The maximum atomic E-state index is 5.25. The lowest BCUT2D eigenvalue weighted by Gasteiger charge is -2.17. The topological polar surface area (TPSA) is 56.9 Å². The second-order valence-electron chi connectivity index (χ2n) is 7.48. The Bertz CT molecular complexity index is 1110. The van der Waals surface area contributed by atoms with Gasteiger partial charge in [0, 0.05) is 36.2 Å². The zero-order valence-corrected chi connectivity index (χ0v) is 17.8. The molecule has 0 amide bonds. The molecule has 6 nitrogen and oxygen atoms in total. The number of nitrogens with zero attached hydrogens (tertiary/aromatic N) is 4. The number of methoxy groups -OCH3 is 1. The summed E-state index contributed by atoms with van der Waals surface area (Å²) < 4.78 is 9.13. The summed E-state index contributed by atoms with van der Waals surface area (Å²) in [4.78, 5) is 0. The molecule has 1 atom stereocenters. The summed E-state index contributed by atoms with van der Waals surface area (Å²) in [5.74, 6) is 0.838. The van der Waals surface area contributed by atoms with Gasteiger partial charge in [0.15, 0.2) is 0 Å². The maximum absolute atomic E-state index is 5.25. The molecule has 0 aliphatic rings. The minimum Gasteiger partial charge on any atom is -0.497 e. The first-order chi connectivity index (χ1) is 14.6. The monoisotopic (exact) mass is 401 g/mol. The molecule has 0 aliphatic heterocycles. The molecule has 0 fully saturated rings. The van der Waals surface area contributed by atoms with Crippen LogP contribution in [0.4, 0.5) is 0 Å². The van der Waals surface area contributed by atoms with Gasteiger partial charge in [-0.05, 0) is 62.7 Å². The third-order valence-corrected chi connectivity index (χ3v) is 5.42.